The third-order valence-electron chi connectivity index (χ3n) is 2.46. The minimum atomic E-state index is -2.71. The molecular weight excluding hydrogens is 256 g/mol. The maximum absolute atomic E-state index is 11.5. The monoisotopic (exact) mass is 280 g/mol. The molecule has 106 valence electrons. The molecule has 0 radical (unpaired) electrons. The lowest BCUT2D eigenvalue weighted by atomic mass is 10.4. The molecule has 0 spiro atoms. The Morgan fingerprint density at radius 2 is 1.53 bits per heavy atom. The van der Waals surface area contributed by atoms with Gasteiger partial charge in [-0.3, -0.25) is 14.8 Å². The van der Waals surface area contributed by atoms with Crippen LogP contribution in [0.4, 0.5) is 0 Å². The summed E-state index contributed by atoms with van der Waals surface area (Å²) in [6, 6.07) is 10.3. The minimum absolute atomic E-state index is 0.220. The van der Waals surface area contributed by atoms with E-state index in [0.29, 0.717) is 0 Å². The summed E-state index contributed by atoms with van der Waals surface area (Å²) < 4.78 is 5.72. The number of carbonyl (C=O) groups is 1. The summed E-state index contributed by atoms with van der Waals surface area (Å²) in [4.78, 5) is 18.4. The van der Waals surface area contributed by atoms with Crippen LogP contribution >= 0.6 is 0 Å². The molecule has 1 rings (SSSR count). The van der Waals surface area contributed by atoms with E-state index in [9.17, 15) is 4.79 Å². The fourth-order valence-corrected chi connectivity index (χ4v) is 5.40. The molecule has 0 aromatic heterocycles. The van der Waals surface area contributed by atoms with Crippen molar-refractivity contribution in [2.45, 2.75) is 46.7 Å². The highest BCUT2D eigenvalue weighted by molar-refractivity contribution is 6.83. The van der Waals surface area contributed by atoms with E-state index >= 15 is 0 Å². The van der Waals surface area contributed by atoms with Crippen LogP contribution in [0.15, 0.2) is 30.3 Å². The molecule has 0 bridgehead atoms. The van der Waals surface area contributed by atoms with Gasteiger partial charge in [0, 0.05) is 12.1 Å². The van der Waals surface area contributed by atoms with E-state index in [1.54, 1.807) is 0 Å². The van der Waals surface area contributed by atoms with Gasteiger partial charge in [-0.2, -0.15) is 0 Å². The smallest absolute Gasteiger partial charge is 0.450 e. The molecule has 0 heterocycles. The van der Waals surface area contributed by atoms with Gasteiger partial charge in [0.05, 0.1) is 0 Å². The lowest BCUT2D eigenvalue weighted by Crippen LogP contribution is -2.75. The van der Waals surface area contributed by atoms with E-state index in [1.807, 2.05) is 30.3 Å². The van der Waals surface area contributed by atoms with Crippen LogP contribution in [0.2, 0.25) is 0 Å². The molecule has 0 aliphatic heterocycles. The summed E-state index contributed by atoms with van der Waals surface area (Å²) in [6.07, 6.45) is 0. The number of hydrogen-bond acceptors (Lipinski definition) is 4. The van der Waals surface area contributed by atoms with Crippen molar-refractivity contribution in [3.05, 3.63) is 30.3 Å². The van der Waals surface area contributed by atoms with Crippen molar-refractivity contribution in [3.8, 4) is 0 Å². The molecule has 5 heteroatoms. The van der Waals surface area contributed by atoms with Crippen LogP contribution in [-0.2, 0) is 9.22 Å². The fourth-order valence-electron chi connectivity index (χ4n) is 2.03. The molecule has 4 nitrogen and oxygen atoms in total. The average Bonchev–Trinajstić information content (AvgIpc) is 2.27. The molecule has 0 aliphatic carbocycles. The molecule has 0 aliphatic rings. The maximum atomic E-state index is 11.5. The third-order valence-corrected chi connectivity index (χ3v) is 6.17. The predicted octanol–water partition coefficient (Wildman–Crippen LogP) is 1.39. The lowest BCUT2D eigenvalue weighted by molar-refractivity contribution is -0.133. The van der Waals surface area contributed by atoms with Crippen molar-refractivity contribution in [2.75, 3.05) is 0 Å². The zero-order chi connectivity index (χ0) is 14.5. The lowest BCUT2D eigenvalue weighted by Gasteiger charge is -2.34. The second-order valence-electron chi connectivity index (χ2n) is 5.24. The molecule has 0 fully saturated rings. The van der Waals surface area contributed by atoms with Gasteiger partial charge in [-0.1, -0.05) is 58.0 Å². The van der Waals surface area contributed by atoms with Crippen molar-refractivity contribution < 1.29 is 9.22 Å². The second-order valence-corrected chi connectivity index (χ2v) is 7.96. The summed E-state index contributed by atoms with van der Waals surface area (Å²) in [5.74, 6) is -0.267. The van der Waals surface area contributed by atoms with Crippen LogP contribution in [0.5, 0.6) is 0 Å². The Kier molecular flexibility index (Phi) is 5.72. The van der Waals surface area contributed by atoms with Crippen LogP contribution in [0.25, 0.3) is 0 Å². The molecule has 0 unspecified atom stereocenters. The van der Waals surface area contributed by atoms with E-state index in [1.165, 1.54) is 6.92 Å². The average molecular weight is 280 g/mol. The van der Waals surface area contributed by atoms with Gasteiger partial charge in [0.25, 0.3) is 5.97 Å². The third kappa shape index (κ3) is 4.78. The number of rotatable bonds is 6. The molecular formula is C14H24N2O2Si. The molecule has 1 aromatic rings. The van der Waals surface area contributed by atoms with Crippen LogP contribution < -0.4 is 15.2 Å². The van der Waals surface area contributed by atoms with Gasteiger partial charge in [0.15, 0.2) is 0 Å². The van der Waals surface area contributed by atoms with Crippen LogP contribution in [0, 0.1) is 0 Å². The molecule has 1 aromatic carbocycles. The van der Waals surface area contributed by atoms with Gasteiger partial charge in [-0.05, 0) is 12.1 Å². The van der Waals surface area contributed by atoms with E-state index in [0.717, 1.165) is 5.19 Å². The Morgan fingerprint density at radius 1 is 1.05 bits per heavy atom. The van der Waals surface area contributed by atoms with E-state index < -0.39 is 8.64 Å². The van der Waals surface area contributed by atoms with Crippen molar-refractivity contribution in [2.24, 2.45) is 0 Å². The van der Waals surface area contributed by atoms with Crippen molar-refractivity contribution >= 4 is 19.8 Å². The number of carbonyl (C=O) groups excluding carboxylic acids is 1. The van der Waals surface area contributed by atoms with E-state index in [2.05, 4.69) is 37.7 Å². The Morgan fingerprint density at radius 3 is 1.89 bits per heavy atom. The summed E-state index contributed by atoms with van der Waals surface area (Å²) >= 11 is 0. The maximum Gasteiger partial charge on any atom is 0.450 e. The highest BCUT2D eigenvalue weighted by Gasteiger charge is 2.42. The summed E-state index contributed by atoms with van der Waals surface area (Å²) in [5, 5.41) is 1.02. The van der Waals surface area contributed by atoms with Gasteiger partial charge < -0.3 is 4.43 Å². The zero-order valence-electron chi connectivity index (χ0n) is 12.4. The van der Waals surface area contributed by atoms with Crippen LogP contribution in [0.1, 0.15) is 34.6 Å². The van der Waals surface area contributed by atoms with Gasteiger partial charge >= 0.3 is 8.64 Å². The second kappa shape index (κ2) is 6.84. The Balaban J connectivity index is 3.20. The molecule has 0 saturated heterocycles. The first-order valence-electron chi connectivity index (χ1n) is 6.66. The standard InChI is InChI=1S/C14H24N2O2Si/c1-11(2)15-19(16-12(3)4,18-13(5)17)14-9-7-6-8-10-14/h6-12,15-16H,1-5H3. The number of benzene rings is 1. The number of hydrogen-bond donors (Lipinski definition) is 2. The summed E-state index contributed by atoms with van der Waals surface area (Å²) in [6.45, 7) is 9.66. The number of nitrogens with one attached hydrogen (secondary N) is 2. The Bertz CT molecular complexity index is 397. The van der Waals surface area contributed by atoms with E-state index in [4.69, 9.17) is 4.43 Å². The SMILES string of the molecule is CC(=O)O[Si](NC(C)C)(NC(C)C)c1ccccc1. The first kappa shape index (κ1) is 15.9. The van der Waals surface area contributed by atoms with Gasteiger partial charge in [0.2, 0.25) is 0 Å². The zero-order valence-corrected chi connectivity index (χ0v) is 13.4. The first-order valence-corrected chi connectivity index (χ1v) is 8.57. The largest absolute Gasteiger partial charge is 0.488 e. The normalized spacial score (nSPS) is 11.9. The summed E-state index contributed by atoms with van der Waals surface area (Å²) in [7, 11) is -2.71. The Labute approximate surface area is 116 Å². The molecule has 0 atom stereocenters. The van der Waals surface area contributed by atoms with Crippen LogP contribution in [-0.4, -0.2) is 26.7 Å². The predicted molar refractivity (Wildman–Crippen MR) is 80.1 cm³/mol. The Hall–Kier alpha value is -1.17. The van der Waals surface area contributed by atoms with Crippen molar-refractivity contribution in [3.63, 3.8) is 0 Å². The first-order chi connectivity index (χ1) is 8.85. The highest BCUT2D eigenvalue weighted by atomic mass is 28.4. The fraction of sp³-hybridized carbons (Fsp3) is 0.500. The van der Waals surface area contributed by atoms with Gasteiger partial charge in [-0.15, -0.1) is 0 Å². The molecule has 0 amide bonds. The molecule has 19 heavy (non-hydrogen) atoms. The molecule has 0 saturated carbocycles. The summed E-state index contributed by atoms with van der Waals surface area (Å²) in [5.41, 5.74) is 0. The minimum Gasteiger partial charge on any atom is -0.488 e. The van der Waals surface area contributed by atoms with Gasteiger partial charge in [-0.25, -0.2) is 0 Å². The van der Waals surface area contributed by atoms with Crippen molar-refractivity contribution in [1.82, 2.24) is 9.96 Å². The quantitative estimate of drug-likeness (QED) is 0.773. The van der Waals surface area contributed by atoms with Gasteiger partial charge in [0.1, 0.15) is 0 Å². The van der Waals surface area contributed by atoms with Crippen LogP contribution in [0.3, 0.4) is 0 Å². The molecule has 2 N–H and O–H groups in total. The van der Waals surface area contributed by atoms with Crippen molar-refractivity contribution in [1.29, 1.82) is 0 Å². The topological polar surface area (TPSA) is 50.4 Å². The highest BCUT2D eigenvalue weighted by Crippen LogP contribution is 2.04. The van der Waals surface area contributed by atoms with E-state index in [-0.39, 0.29) is 18.1 Å².